The van der Waals surface area contributed by atoms with Gasteiger partial charge in [0, 0.05) is 12.7 Å². The second kappa shape index (κ2) is 6.12. The molecule has 0 unspecified atom stereocenters. The van der Waals surface area contributed by atoms with Gasteiger partial charge in [-0.1, -0.05) is 12.1 Å². The summed E-state index contributed by atoms with van der Waals surface area (Å²) in [5, 5.41) is 16.9. The van der Waals surface area contributed by atoms with Crippen LogP contribution in [-0.2, 0) is 18.4 Å². The molecule has 6 nitrogen and oxygen atoms in total. The maximum Gasteiger partial charge on any atom is 0.307 e. The molecule has 2 atom stereocenters. The molecule has 1 aliphatic rings. The zero-order valence-electron chi connectivity index (χ0n) is 13.8. The SMILES string of the molecule is Cn1nc(CNc2ccc([C@@H]3C[C@H]3C(=O)O)cc2)cc1-c1ccco1. The second-order valence-corrected chi connectivity index (χ2v) is 6.38. The normalized spacial score (nSPS) is 18.9. The number of nitrogens with one attached hydrogen (secondary N) is 1. The Labute approximate surface area is 145 Å². The number of hydrogen-bond donors (Lipinski definition) is 2. The lowest BCUT2D eigenvalue weighted by Gasteiger charge is -2.06. The summed E-state index contributed by atoms with van der Waals surface area (Å²) in [5.74, 6) is 0.0447. The van der Waals surface area contributed by atoms with Gasteiger partial charge in [0.05, 0.1) is 24.4 Å². The first kappa shape index (κ1) is 15.5. The van der Waals surface area contributed by atoms with Crippen molar-refractivity contribution < 1.29 is 14.3 Å². The van der Waals surface area contributed by atoms with E-state index in [2.05, 4.69) is 10.4 Å². The average Bonchev–Trinajstić information content (AvgIpc) is 3.06. The number of hydrogen-bond acceptors (Lipinski definition) is 4. The number of aliphatic carboxylic acids is 1. The predicted octanol–water partition coefficient (Wildman–Crippen LogP) is 3.48. The third kappa shape index (κ3) is 3.15. The molecule has 0 amide bonds. The fourth-order valence-electron chi connectivity index (χ4n) is 3.15. The highest BCUT2D eigenvalue weighted by atomic mass is 16.4. The Bertz CT molecular complexity index is 881. The number of carboxylic acids is 1. The molecule has 0 saturated heterocycles. The van der Waals surface area contributed by atoms with E-state index in [0.29, 0.717) is 6.54 Å². The van der Waals surface area contributed by atoms with Crippen molar-refractivity contribution >= 4 is 11.7 Å². The molecule has 0 aliphatic heterocycles. The summed E-state index contributed by atoms with van der Waals surface area (Å²) in [4.78, 5) is 11.0. The molecule has 128 valence electrons. The molecule has 2 N–H and O–H groups in total. The van der Waals surface area contributed by atoms with Gasteiger partial charge in [0.15, 0.2) is 5.76 Å². The van der Waals surface area contributed by atoms with Gasteiger partial charge in [-0.15, -0.1) is 0 Å². The van der Waals surface area contributed by atoms with Crippen molar-refractivity contribution in [2.24, 2.45) is 13.0 Å². The van der Waals surface area contributed by atoms with Gasteiger partial charge in [-0.2, -0.15) is 5.10 Å². The predicted molar refractivity (Wildman–Crippen MR) is 93.2 cm³/mol. The van der Waals surface area contributed by atoms with Crippen LogP contribution in [0.4, 0.5) is 5.69 Å². The molecular weight excluding hydrogens is 318 g/mol. The van der Waals surface area contributed by atoms with Crippen LogP contribution >= 0.6 is 0 Å². The van der Waals surface area contributed by atoms with E-state index in [9.17, 15) is 4.79 Å². The molecule has 4 rings (SSSR count). The van der Waals surface area contributed by atoms with Crippen LogP contribution in [0, 0.1) is 5.92 Å². The molecule has 25 heavy (non-hydrogen) atoms. The van der Waals surface area contributed by atoms with Crippen molar-refractivity contribution in [2.45, 2.75) is 18.9 Å². The lowest BCUT2D eigenvalue weighted by atomic mass is 10.1. The molecule has 1 aliphatic carbocycles. The van der Waals surface area contributed by atoms with Gasteiger partial charge >= 0.3 is 5.97 Å². The number of anilines is 1. The van der Waals surface area contributed by atoms with E-state index in [1.807, 2.05) is 49.5 Å². The standard InChI is InChI=1S/C19H19N3O3/c1-22-17(18-3-2-8-25-18)9-14(21-22)11-20-13-6-4-12(5-7-13)15-10-16(15)19(23)24/h2-9,15-16,20H,10-11H2,1H3,(H,23,24)/t15-,16+/m0/s1. The topological polar surface area (TPSA) is 80.3 Å². The van der Waals surface area contributed by atoms with Crippen LogP contribution in [0.2, 0.25) is 0 Å². The monoisotopic (exact) mass is 337 g/mol. The molecule has 0 spiro atoms. The van der Waals surface area contributed by atoms with Crippen LogP contribution in [0.5, 0.6) is 0 Å². The summed E-state index contributed by atoms with van der Waals surface area (Å²) >= 11 is 0. The number of aromatic nitrogens is 2. The molecule has 3 aromatic rings. The smallest absolute Gasteiger partial charge is 0.307 e. The number of furan rings is 1. The maximum atomic E-state index is 11.0. The number of carboxylic acid groups (broad SMARTS) is 1. The van der Waals surface area contributed by atoms with Crippen LogP contribution in [0.25, 0.3) is 11.5 Å². The van der Waals surface area contributed by atoms with Gasteiger partial charge in [0.1, 0.15) is 5.69 Å². The molecule has 0 bridgehead atoms. The van der Waals surface area contributed by atoms with E-state index in [1.54, 1.807) is 10.9 Å². The second-order valence-electron chi connectivity index (χ2n) is 6.38. The molecule has 1 fully saturated rings. The Morgan fingerprint density at radius 3 is 2.80 bits per heavy atom. The zero-order valence-corrected chi connectivity index (χ0v) is 13.8. The Morgan fingerprint density at radius 1 is 1.36 bits per heavy atom. The van der Waals surface area contributed by atoms with E-state index in [1.165, 1.54) is 0 Å². The van der Waals surface area contributed by atoms with Crippen LogP contribution in [0.15, 0.2) is 53.1 Å². The van der Waals surface area contributed by atoms with Crippen LogP contribution in [-0.4, -0.2) is 20.9 Å². The number of benzene rings is 1. The average molecular weight is 337 g/mol. The van der Waals surface area contributed by atoms with Crippen molar-refractivity contribution in [2.75, 3.05) is 5.32 Å². The van der Waals surface area contributed by atoms with Gasteiger partial charge in [-0.25, -0.2) is 0 Å². The van der Waals surface area contributed by atoms with Gasteiger partial charge in [-0.05, 0) is 48.2 Å². The first-order valence-electron chi connectivity index (χ1n) is 8.25. The molecule has 2 aromatic heterocycles. The summed E-state index contributed by atoms with van der Waals surface area (Å²) in [6.45, 7) is 0.606. The lowest BCUT2D eigenvalue weighted by molar-refractivity contribution is -0.138. The third-order valence-electron chi connectivity index (χ3n) is 4.62. The number of nitrogens with zero attached hydrogens (tertiary/aromatic N) is 2. The minimum atomic E-state index is -0.699. The van der Waals surface area contributed by atoms with Crippen molar-refractivity contribution in [3.63, 3.8) is 0 Å². The molecular formula is C19H19N3O3. The van der Waals surface area contributed by atoms with Gasteiger partial charge in [-0.3, -0.25) is 9.48 Å². The highest BCUT2D eigenvalue weighted by Gasteiger charge is 2.43. The van der Waals surface area contributed by atoms with Crippen molar-refractivity contribution in [1.82, 2.24) is 9.78 Å². The highest BCUT2D eigenvalue weighted by Crippen LogP contribution is 2.47. The Hall–Kier alpha value is -3.02. The Balaban J connectivity index is 1.39. The summed E-state index contributed by atoms with van der Waals surface area (Å²) in [5.41, 5.74) is 3.94. The summed E-state index contributed by atoms with van der Waals surface area (Å²) < 4.78 is 7.22. The first-order chi connectivity index (χ1) is 12.1. The van der Waals surface area contributed by atoms with E-state index < -0.39 is 5.97 Å². The zero-order chi connectivity index (χ0) is 17.4. The van der Waals surface area contributed by atoms with Crippen LogP contribution in [0.1, 0.15) is 23.6 Å². The van der Waals surface area contributed by atoms with Crippen LogP contribution < -0.4 is 5.32 Å². The van der Waals surface area contributed by atoms with Crippen molar-refractivity contribution in [3.05, 3.63) is 60.0 Å². The third-order valence-corrected chi connectivity index (χ3v) is 4.62. The van der Waals surface area contributed by atoms with Crippen molar-refractivity contribution in [1.29, 1.82) is 0 Å². The maximum absolute atomic E-state index is 11.0. The first-order valence-corrected chi connectivity index (χ1v) is 8.25. The van der Waals surface area contributed by atoms with E-state index in [4.69, 9.17) is 9.52 Å². The van der Waals surface area contributed by atoms with Gasteiger partial charge in [0.2, 0.25) is 0 Å². The largest absolute Gasteiger partial charge is 0.481 e. The highest BCUT2D eigenvalue weighted by molar-refractivity contribution is 5.75. The molecule has 1 aromatic carbocycles. The minimum Gasteiger partial charge on any atom is -0.481 e. The van der Waals surface area contributed by atoms with Gasteiger partial charge < -0.3 is 14.8 Å². The minimum absolute atomic E-state index is 0.165. The number of rotatable bonds is 6. The molecule has 1 saturated carbocycles. The van der Waals surface area contributed by atoms with E-state index in [-0.39, 0.29) is 11.8 Å². The summed E-state index contributed by atoms with van der Waals surface area (Å²) in [7, 11) is 1.89. The van der Waals surface area contributed by atoms with Gasteiger partial charge in [0.25, 0.3) is 0 Å². The Morgan fingerprint density at radius 2 is 2.16 bits per heavy atom. The van der Waals surface area contributed by atoms with Crippen molar-refractivity contribution in [3.8, 4) is 11.5 Å². The lowest BCUT2D eigenvalue weighted by Crippen LogP contribution is -2.02. The fraction of sp³-hybridized carbons (Fsp3) is 0.263. The number of aryl methyl sites for hydroxylation is 1. The molecule has 0 radical (unpaired) electrons. The van der Waals surface area contributed by atoms with E-state index in [0.717, 1.165) is 34.8 Å². The summed E-state index contributed by atoms with van der Waals surface area (Å²) in [6, 6.07) is 13.8. The van der Waals surface area contributed by atoms with E-state index >= 15 is 0 Å². The Kier molecular flexibility index (Phi) is 3.80. The summed E-state index contributed by atoms with van der Waals surface area (Å²) in [6.07, 6.45) is 2.39. The van der Waals surface area contributed by atoms with Crippen LogP contribution in [0.3, 0.4) is 0 Å². The molecule has 6 heteroatoms. The number of carbonyl (C=O) groups is 1. The quantitative estimate of drug-likeness (QED) is 0.720. The fourth-order valence-corrected chi connectivity index (χ4v) is 3.15. The molecule has 2 heterocycles.